The van der Waals surface area contributed by atoms with Gasteiger partial charge in [-0.3, -0.25) is 14.4 Å². The summed E-state index contributed by atoms with van der Waals surface area (Å²) in [6.07, 6.45) is 5.10. The van der Waals surface area contributed by atoms with Gasteiger partial charge in [-0.05, 0) is 48.8 Å². The SMILES string of the molecule is CC1CCCC(NC(=O)c2ccc(CN3CC(=O)N4CCCC4C3=O)cc2)C1C. The zero-order chi connectivity index (χ0) is 20.5. The zero-order valence-corrected chi connectivity index (χ0v) is 17.4. The van der Waals surface area contributed by atoms with Gasteiger partial charge < -0.3 is 15.1 Å². The van der Waals surface area contributed by atoms with Crippen molar-refractivity contribution in [3.63, 3.8) is 0 Å². The predicted molar refractivity (Wildman–Crippen MR) is 110 cm³/mol. The van der Waals surface area contributed by atoms with Crippen molar-refractivity contribution < 1.29 is 14.4 Å². The van der Waals surface area contributed by atoms with Gasteiger partial charge in [-0.25, -0.2) is 0 Å². The average molecular weight is 398 g/mol. The summed E-state index contributed by atoms with van der Waals surface area (Å²) in [6, 6.07) is 7.37. The van der Waals surface area contributed by atoms with Crippen LogP contribution in [-0.2, 0) is 16.1 Å². The lowest BCUT2D eigenvalue weighted by atomic mass is 9.78. The van der Waals surface area contributed by atoms with Gasteiger partial charge in [0.05, 0.1) is 0 Å². The van der Waals surface area contributed by atoms with Crippen LogP contribution in [0.4, 0.5) is 0 Å². The number of carbonyl (C=O) groups is 3. The Labute approximate surface area is 172 Å². The van der Waals surface area contributed by atoms with E-state index in [9.17, 15) is 14.4 Å². The molecule has 1 aromatic rings. The first-order chi connectivity index (χ1) is 13.9. The number of hydrogen-bond donors (Lipinski definition) is 1. The van der Waals surface area contributed by atoms with Crippen LogP contribution in [0.1, 0.15) is 61.9 Å². The van der Waals surface area contributed by atoms with Crippen molar-refractivity contribution in [1.82, 2.24) is 15.1 Å². The molecule has 2 heterocycles. The van der Waals surface area contributed by atoms with Crippen LogP contribution in [0.3, 0.4) is 0 Å². The molecular formula is C23H31N3O3. The molecule has 0 aromatic heterocycles. The number of rotatable bonds is 4. The molecule has 156 valence electrons. The Kier molecular flexibility index (Phi) is 5.61. The second kappa shape index (κ2) is 8.17. The quantitative estimate of drug-likeness (QED) is 0.849. The van der Waals surface area contributed by atoms with Crippen molar-refractivity contribution in [3.8, 4) is 0 Å². The van der Waals surface area contributed by atoms with Gasteiger partial charge in [0.1, 0.15) is 12.6 Å². The van der Waals surface area contributed by atoms with Crippen molar-refractivity contribution in [2.75, 3.05) is 13.1 Å². The number of nitrogens with one attached hydrogen (secondary N) is 1. The van der Waals surface area contributed by atoms with E-state index in [2.05, 4.69) is 19.2 Å². The first-order valence-corrected chi connectivity index (χ1v) is 10.9. The van der Waals surface area contributed by atoms with Gasteiger partial charge in [0, 0.05) is 24.7 Å². The highest BCUT2D eigenvalue weighted by Crippen LogP contribution is 2.29. The smallest absolute Gasteiger partial charge is 0.251 e. The molecule has 2 saturated heterocycles. The fourth-order valence-electron chi connectivity index (χ4n) is 5.02. The molecule has 3 fully saturated rings. The number of piperazine rings is 1. The largest absolute Gasteiger partial charge is 0.349 e. The van der Waals surface area contributed by atoms with E-state index in [4.69, 9.17) is 0 Å². The van der Waals surface area contributed by atoms with Crippen LogP contribution >= 0.6 is 0 Å². The molecule has 0 spiro atoms. The molecule has 4 rings (SSSR count). The standard InChI is InChI=1S/C23H31N3O3/c1-15-5-3-6-19(16(15)2)24-22(28)18-10-8-17(9-11-18)13-25-14-21(27)26-12-4-7-20(26)23(25)29/h8-11,15-16,19-20H,3-7,12-14H2,1-2H3,(H,24,28). The molecule has 1 saturated carbocycles. The molecule has 6 nitrogen and oxygen atoms in total. The second-order valence-electron chi connectivity index (χ2n) is 8.98. The minimum absolute atomic E-state index is 0.0340. The van der Waals surface area contributed by atoms with Crippen molar-refractivity contribution in [2.24, 2.45) is 11.8 Å². The van der Waals surface area contributed by atoms with E-state index in [0.29, 0.717) is 30.5 Å². The number of hydrogen-bond acceptors (Lipinski definition) is 3. The number of nitrogens with zero attached hydrogens (tertiary/aromatic N) is 2. The topological polar surface area (TPSA) is 69.7 Å². The number of amides is 3. The minimum atomic E-state index is -0.277. The fraction of sp³-hybridized carbons (Fsp3) is 0.609. The van der Waals surface area contributed by atoms with E-state index in [1.165, 1.54) is 6.42 Å². The Morgan fingerprint density at radius 2 is 1.83 bits per heavy atom. The molecule has 29 heavy (non-hydrogen) atoms. The molecule has 1 aromatic carbocycles. The lowest BCUT2D eigenvalue weighted by molar-refractivity contribution is -0.154. The monoisotopic (exact) mass is 397 g/mol. The highest BCUT2D eigenvalue weighted by atomic mass is 16.2. The molecule has 0 bridgehead atoms. The van der Waals surface area contributed by atoms with E-state index in [-0.39, 0.29) is 36.3 Å². The molecule has 3 aliphatic rings. The van der Waals surface area contributed by atoms with E-state index >= 15 is 0 Å². The van der Waals surface area contributed by atoms with Crippen LogP contribution in [0.5, 0.6) is 0 Å². The maximum Gasteiger partial charge on any atom is 0.251 e. The number of fused-ring (bicyclic) bond motifs is 1. The molecule has 0 radical (unpaired) electrons. The maximum atomic E-state index is 12.7. The van der Waals surface area contributed by atoms with E-state index in [1.807, 2.05) is 24.3 Å². The molecule has 4 atom stereocenters. The summed E-state index contributed by atoms with van der Waals surface area (Å²) < 4.78 is 0. The predicted octanol–water partition coefficient (Wildman–Crippen LogP) is 2.57. The van der Waals surface area contributed by atoms with Crippen LogP contribution in [0.25, 0.3) is 0 Å². The third-order valence-electron chi connectivity index (χ3n) is 7.11. The van der Waals surface area contributed by atoms with Crippen LogP contribution in [0, 0.1) is 11.8 Å². The van der Waals surface area contributed by atoms with E-state index in [0.717, 1.165) is 31.2 Å². The lowest BCUT2D eigenvalue weighted by Gasteiger charge is -2.36. The van der Waals surface area contributed by atoms with Crippen LogP contribution in [-0.4, -0.2) is 52.7 Å². The molecule has 6 heteroatoms. The molecule has 3 amide bonds. The van der Waals surface area contributed by atoms with Gasteiger partial charge in [0.25, 0.3) is 5.91 Å². The maximum absolute atomic E-state index is 12.7. The van der Waals surface area contributed by atoms with Gasteiger partial charge in [-0.15, -0.1) is 0 Å². The Morgan fingerprint density at radius 1 is 1.07 bits per heavy atom. The molecule has 4 unspecified atom stereocenters. The average Bonchev–Trinajstić information content (AvgIpc) is 3.21. The van der Waals surface area contributed by atoms with Crippen molar-refractivity contribution in [2.45, 2.75) is 64.6 Å². The van der Waals surface area contributed by atoms with Gasteiger partial charge >= 0.3 is 0 Å². The molecule has 2 aliphatic heterocycles. The van der Waals surface area contributed by atoms with Gasteiger partial charge in [-0.1, -0.05) is 38.8 Å². The summed E-state index contributed by atoms with van der Waals surface area (Å²) >= 11 is 0. The molecule has 1 N–H and O–H groups in total. The number of benzene rings is 1. The highest BCUT2D eigenvalue weighted by molar-refractivity contribution is 5.95. The van der Waals surface area contributed by atoms with Gasteiger partial charge in [0.15, 0.2) is 0 Å². The van der Waals surface area contributed by atoms with E-state index < -0.39 is 0 Å². The summed E-state index contributed by atoms with van der Waals surface area (Å²) in [5.74, 6) is 1.18. The third kappa shape index (κ3) is 4.02. The Bertz CT molecular complexity index is 791. The summed E-state index contributed by atoms with van der Waals surface area (Å²) in [6.45, 7) is 5.74. The zero-order valence-electron chi connectivity index (χ0n) is 17.4. The van der Waals surface area contributed by atoms with E-state index in [1.54, 1.807) is 9.80 Å². The van der Waals surface area contributed by atoms with Gasteiger partial charge in [-0.2, -0.15) is 0 Å². The molecule has 1 aliphatic carbocycles. The van der Waals surface area contributed by atoms with Crippen LogP contribution < -0.4 is 5.32 Å². The first-order valence-electron chi connectivity index (χ1n) is 10.9. The van der Waals surface area contributed by atoms with Crippen molar-refractivity contribution in [1.29, 1.82) is 0 Å². The summed E-state index contributed by atoms with van der Waals surface area (Å²) in [7, 11) is 0. The van der Waals surface area contributed by atoms with Crippen LogP contribution in [0.15, 0.2) is 24.3 Å². The Morgan fingerprint density at radius 3 is 2.59 bits per heavy atom. The summed E-state index contributed by atoms with van der Waals surface area (Å²) in [5.41, 5.74) is 1.58. The van der Waals surface area contributed by atoms with Crippen LogP contribution in [0.2, 0.25) is 0 Å². The number of carbonyl (C=O) groups excluding carboxylic acids is 3. The normalized spacial score (nSPS) is 29.7. The third-order valence-corrected chi connectivity index (χ3v) is 7.11. The Balaban J connectivity index is 1.37. The Hall–Kier alpha value is -2.37. The first kappa shape index (κ1) is 19.9. The lowest BCUT2D eigenvalue weighted by Crippen LogP contribution is -2.56. The highest BCUT2D eigenvalue weighted by Gasteiger charge is 2.41. The van der Waals surface area contributed by atoms with Crippen molar-refractivity contribution in [3.05, 3.63) is 35.4 Å². The minimum Gasteiger partial charge on any atom is -0.349 e. The summed E-state index contributed by atoms with van der Waals surface area (Å²) in [4.78, 5) is 41.0. The molecular weight excluding hydrogens is 366 g/mol. The summed E-state index contributed by atoms with van der Waals surface area (Å²) in [5, 5.41) is 3.20. The van der Waals surface area contributed by atoms with Gasteiger partial charge in [0.2, 0.25) is 11.8 Å². The fourth-order valence-corrected chi connectivity index (χ4v) is 5.02. The van der Waals surface area contributed by atoms with Crippen molar-refractivity contribution >= 4 is 17.7 Å². The second-order valence-corrected chi connectivity index (χ2v) is 8.98.